The summed E-state index contributed by atoms with van der Waals surface area (Å²) in [6, 6.07) is 17.6. The lowest BCUT2D eigenvalue weighted by molar-refractivity contribution is 0.0935. The van der Waals surface area contributed by atoms with E-state index in [2.05, 4.69) is 15.3 Å². The lowest BCUT2D eigenvalue weighted by atomic mass is 10.0. The summed E-state index contributed by atoms with van der Waals surface area (Å²) in [5, 5.41) is 5.17. The van der Waals surface area contributed by atoms with E-state index >= 15 is 0 Å². The second-order valence-corrected chi connectivity index (χ2v) is 6.07. The van der Waals surface area contributed by atoms with E-state index in [1.165, 1.54) is 6.39 Å². The van der Waals surface area contributed by atoms with Gasteiger partial charge in [-0.15, -0.1) is 0 Å². The number of benzene rings is 2. The molecular weight excluding hydrogens is 326 g/mol. The van der Waals surface area contributed by atoms with Crippen LogP contribution in [0.5, 0.6) is 0 Å². The summed E-state index contributed by atoms with van der Waals surface area (Å²) in [5.74, 6) is 0.196. The Morgan fingerprint density at radius 2 is 1.81 bits per heavy atom. The highest BCUT2D eigenvalue weighted by atomic mass is 16.3. The highest BCUT2D eigenvalue weighted by Gasteiger charge is 2.20. The SMILES string of the molecule is C[C@@H](NC(=O)c1ncoc1-c1ccc2ccccc2c1)c1ccncc1. The van der Waals surface area contributed by atoms with Crippen LogP contribution in [0, 0.1) is 0 Å². The van der Waals surface area contributed by atoms with E-state index in [9.17, 15) is 4.79 Å². The summed E-state index contributed by atoms with van der Waals surface area (Å²) >= 11 is 0. The van der Waals surface area contributed by atoms with Crippen molar-refractivity contribution in [2.24, 2.45) is 0 Å². The standard InChI is InChI=1S/C21H17N3O2/c1-14(15-8-10-22-11-9-15)24-21(25)19-20(26-13-23-19)18-7-6-16-4-2-3-5-17(16)12-18/h2-14H,1H3,(H,24,25)/t14-/m1/s1. The number of nitrogens with one attached hydrogen (secondary N) is 1. The zero-order valence-corrected chi connectivity index (χ0v) is 14.2. The van der Waals surface area contributed by atoms with Crippen LogP contribution in [0.4, 0.5) is 0 Å². The zero-order chi connectivity index (χ0) is 17.9. The Morgan fingerprint density at radius 1 is 1.04 bits per heavy atom. The molecule has 2 aromatic heterocycles. The fourth-order valence-corrected chi connectivity index (χ4v) is 2.94. The van der Waals surface area contributed by atoms with Crippen LogP contribution in [-0.4, -0.2) is 15.9 Å². The normalized spacial score (nSPS) is 12.0. The maximum Gasteiger partial charge on any atom is 0.274 e. The van der Waals surface area contributed by atoms with Crippen molar-refractivity contribution in [3.05, 3.63) is 84.6 Å². The molecule has 2 aromatic carbocycles. The van der Waals surface area contributed by atoms with Crippen molar-refractivity contribution in [2.45, 2.75) is 13.0 Å². The molecule has 1 amide bonds. The number of hydrogen-bond donors (Lipinski definition) is 1. The van der Waals surface area contributed by atoms with Crippen LogP contribution in [0.2, 0.25) is 0 Å². The van der Waals surface area contributed by atoms with E-state index in [-0.39, 0.29) is 17.6 Å². The predicted molar refractivity (Wildman–Crippen MR) is 99.6 cm³/mol. The average Bonchev–Trinajstić information content (AvgIpc) is 3.18. The number of carbonyl (C=O) groups excluding carboxylic acids is 1. The summed E-state index contributed by atoms with van der Waals surface area (Å²) in [6.45, 7) is 1.92. The van der Waals surface area contributed by atoms with E-state index in [1.807, 2.05) is 61.5 Å². The largest absolute Gasteiger partial charge is 0.443 e. The minimum atomic E-state index is -0.272. The molecular formula is C21H17N3O2. The average molecular weight is 343 g/mol. The summed E-state index contributed by atoms with van der Waals surface area (Å²) in [5.41, 5.74) is 2.08. The number of rotatable bonds is 4. The molecule has 0 aliphatic heterocycles. The van der Waals surface area contributed by atoms with Crippen molar-refractivity contribution in [3.8, 4) is 11.3 Å². The highest BCUT2D eigenvalue weighted by molar-refractivity contribution is 5.99. The Morgan fingerprint density at radius 3 is 2.62 bits per heavy atom. The molecule has 128 valence electrons. The number of pyridine rings is 1. The van der Waals surface area contributed by atoms with Crippen LogP contribution in [0.15, 0.2) is 77.8 Å². The van der Waals surface area contributed by atoms with Crippen molar-refractivity contribution in [1.29, 1.82) is 0 Å². The van der Waals surface area contributed by atoms with Gasteiger partial charge in [-0.25, -0.2) is 4.98 Å². The Hall–Kier alpha value is -3.47. The van der Waals surface area contributed by atoms with Gasteiger partial charge in [0.15, 0.2) is 17.8 Å². The molecule has 1 atom stereocenters. The number of carbonyl (C=O) groups is 1. The van der Waals surface area contributed by atoms with Crippen molar-refractivity contribution in [1.82, 2.24) is 15.3 Å². The van der Waals surface area contributed by atoms with Crippen molar-refractivity contribution in [2.75, 3.05) is 0 Å². The van der Waals surface area contributed by atoms with Crippen LogP contribution in [0.3, 0.4) is 0 Å². The Labute approximate surface area is 150 Å². The number of hydrogen-bond acceptors (Lipinski definition) is 4. The van der Waals surface area contributed by atoms with Gasteiger partial charge in [0, 0.05) is 18.0 Å². The van der Waals surface area contributed by atoms with Crippen LogP contribution in [0.25, 0.3) is 22.1 Å². The second kappa shape index (κ2) is 6.80. The molecule has 1 N–H and O–H groups in total. The van der Waals surface area contributed by atoms with E-state index < -0.39 is 0 Å². The Balaban J connectivity index is 1.62. The van der Waals surface area contributed by atoms with Gasteiger partial charge >= 0.3 is 0 Å². The van der Waals surface area contributed by atoms with Gasteiger partial charge in [-0.1, -0.05) is 36.4 Å². The van der Waals surface area contributed by atoms with E-state index in [1.54, 1.807) is 12.4 Å². The number of nitrogens with zero attached hydrogens (tertiary/aromatic N) is 2. The third-order valence-electron chi connectivity index (χ3n) is 4.35. The summed E-state index contributed by atoms with van der Waals surface area (Å²) in [7, 11) is 0. The molecule has 5 heteroatoms. The zero-order valence-electron chi connectivity index (χ0n) is 14.2. The van der Waals surface area contributed by atoms with E-state index in [4.69, 9.17) is 4.42 Å². The van der Waals surface area contributed by atoms with Gasteiger partial charge in [0.2, 0.25) is 0 Å². The molecule has 0 aliphatic rings. The minimum Gasteiger partial charge on any atom is -0.443 e. The first-order chi connectivity index (χ1) is 12.7. The van der Waals surface area contributed by atoms with Gasteiger partial charge < -0.3 is 9.73 Å². The molecule has 0 spiro atoms. The van der Waals surface area contributed by atoms with Gasteiger partial charge in [0.1, 0.15) is 0 Å². The predicted octanol–water partition coefficient (Wildman–Crippen LogP) is 4.38. The monoisotopic (exact) mass is 343 g/mol. The third kappa shape index (κ3) is 3.07. The fraction of sp³-hybridized carbons (Fsp3) is 0.0952. The number of amides is 1. The van der Waals surface area contributed by atoms with Crippen LogP contribution < -0.4 is 5.32 Å². The Kier molecular flexibility index (Phi) is 4.19. The molecule has 0 saturated carbocycles. The van der Waals surface area contributed by atoms with Gasteiger partial charge in [0.25, 0.3) is 5.91 Å². The molecule has 26 heavy (non-hydrogen) atoms. The molecule has 0 aliphatic carbocycles. The Bertz CT molecular complexity index is 1060. The van der Waals surface area contributed by atoms with Crippen molar-refractivity contribution < 1.29 is 9.21 Å². The minimum absolute atomic E-state index is 0.161. The van der Waals surface area contributed by atoms with Gasteiger partial charge in [-0.05, 0) is 41.5 Å². The first-order valence-electron chi connectivity index (χ1n) is 8.36. The molecule has 0 bridgehead atoms. The van der Waals surface area contributed by atoms with E-state index in [0.29, 0.717) is 5.76 Å². The highest BCUT2D eigenvalue weighted by Crippen LogP contribution is 2.27. The maximum atomic E-state index is 12.7. The smallest absolute Gasteiger partial charge is 0.274 e. The third-order valence-corrected chi connectivity index (χ3v) is 4.35. The lowest BCUT2D eigenvalue weighted by Gasteiger charge is -2.13. The van der Waals surface area contributed by atoms with Crippen LogP contribution >= 0.6 is 0 Å². The number of fused-ring (bicyclic) bond motifs is 1. The molecule has 4 rings (SSSR count). The van der Waals surface area contributed by atoms with Gasteiger partial charge in [-0.3, -0.25) is 9.78 Å². The number of oxazole rings is 1. The van der Waals surface area contributed by atoms with Crippen molar-refractivity contribution >= 4 is 16.7 Å². The molecule has 0 unspecified atom stereocenters. The summed E-state index contributed by atoms with van der Waals surface area (Å²) < 4.78 is 5.53. The summed E-state index contributed by atoms with van der Waals surface area (Å²) in [4.78, 5) is 20.8. The molecule has 4 aromatic rings. The van der Waals surface area contributed by atoms with Crippen LogP contribution in [-0.2, 0) is 0 Å². The first kappa shape index (κ1) is 16.0. The molecule has 0 fully saturated rings. The van der Waals surface area contributed by atoms with Crippen molar-refractivity contribution in [3.63, 3.8) is 0 Å². The molecule has 0 radical (unpaired) electrons. The fourth-order valence-electron chi connectivity index (χ4n) is 2.94. The quantitative estimate of drug-likeness (QED) is 0.597. The molecule has 0 saturated heterocycles. The topological polar surface area (TPSA) is 68.0 Å². The second-order valence-electron chi connectivity index (χ2n) is 6.07. The first-order valence-corrected chi connectivity index (χ1v) is 8.36. The maximum absolute atomic E-state index is 12.7. The van der Waals surface area contributed by atoms with Crippen LogP contribution in [0.1, 0.15) is 29.0 Å². The van der Waals surface area contributed by atoms with Gasteiger partial charge in [0.05, 0.1) is 6.04 Å². The van der Waals surface area contributed by atoms with Gasteiger partial charge in [-0.2, -0.15) is 0 Å². The number of aromatic nitrogens is 2. The lowest BCUT2D eigenvalue weighted by Crippen LogP contribution is -2.27. The van der Waals surface area contributed by atoms with E-state index in [0.717, 1.165) is 21.9 Å². The molecule has 2 heterocycles. The molecule has 5 nitrogen and oxygen atoms in total. The summed E-state index contributed by atoms with van der Waals surface area (Å²) in [6.07, 6.45) is 4.71.